The van der Waals surface area contributed by atoms with Gasteiger partial charge in [-0.3, -0.25) is 0 Å². The molecule has 4 heteroatoms. The molecular weight excluding hydrogens is 184 g/mol. The van der Waals surface area contributed by atoms with Gasteiger partial charge in [0.25, 0.3) is 0 Å². The third-order valence-corrected chi connectivity index (χ3v) is 4.12. The molecule has 0 saturated carbocycles. The number of rotatable bonds is 3. The summed E-state index contributed by atoms with van der Waals surface area (Å²) in [5.74, 6) is 0.552. The SMILES string of the molecule is CC(C)S(=O)N1CCCC(CN)C1. The van der Waals surface area contributed by atoms with Crippen LogP contribution in [0.15, 0.2) is 0 Å². The van der Waals surface area contributed by atoms with Crippen LogP contribution in [0.4, 0.5) is 0 Å². The van der Waals surface area contributed by atoms with E-state index in [9.17, 15) is 4.21 Å². The first-order valence-corrected chi connectivity index (χ1v) is 6.17. The van der Waals surface area contributed by atoms with Crippen LogP contribution in [0.2, 0.25) is 0 Å². The summed E-state index contributed by atoms with van der Waals surface area (Å²) >= 11 is 0. The van der Waals surface area contributed by atoms with Crippen molar-refractivity contribution in [3.8, 4) is 0 Å². The Morgan fingerprint density at radius 2 is 2.31 bits per heavy atom. The van der Waals surface area contributed by atoms with E-state index in [4.69, 9.17) is 5.73 Å². The van der Waals surface area contributed by atoms with Crippen LogP contribution in [0.25, 0.3) is 0 Å². The van der Waals surface area contributed by atoms with E-state index in [0.29, 0.717) is 5.92 Å². The minimum absolute atomic E-state index is 0.233. The van der Waals surface area contributed by atoms with Crippen molar-refractivity contribution in [2.75, 3.05) is 19.6 Å². The summed E-state index contributed by atoms with van der Waals surface area (Å²) in [7, 11) is -0.803. The molecule has 1 rings (SSSR count). The Labute approximate surface area is 83.3 Å². The average Bonchev–Trinajstić information content (AvgIpc) is 2.16. The highest BCUT2D eigenvalue weighted by molar-refractivity contribution is 7.83. The van der Waals surface area contributed by atoms with Crippen molar-refractivity contribution >= 4 is 11.0 Å². The van der Waals surface area contributed by atoms with E-state index in [1.165, 1.54) is 6.42 Å². The average molecular weight is 204 g/mol. The highest BCUT2D eigenvalue weighted by Gasteiger charge is 2.23. The van der Waals surface area contributed by atoms with Gasteiger partial charge in [0, 0.05) is 18.3 Å². The van der Waals surface area contributed by atoms with Gasteiger partial charge < -0.3 is 5.73 Å². The molecule has 13 heavy (non-hydrogen) atoms. The highest BCUT2D eigenvalue weighted by Crippen LogP contribution is 2.18. The molecule has 3 nitrogen and oxygen atoms in total. The largest absolute Gasteiger partial charge is 0.330 e. The third kappa shape index (κ3) is 3.04. The predicted octanol–water partition coefficient (Wildman–Crippen LogP) is 0.729. The molecule has 1 aliphatic rings. The van der Waals surface area contributed by atoms with Crippen molar-refractivity contribution in [3.63, 3.8) is 0 Å². The van der Waals surface area contributed by atoms with E-state index >= 15 is 0 Å². The van der Waals surface area contributed by atoms with Crippen molar-refractivity contribution in [3.05, 3.63) is 0 Å². The van der Waals surface area contributed by atoms with Crippen molar-refractivity contribution in [1.29, 1.82) is 0 Å². The molecule has 0 amide bonds. The summed E-state index contributed by atoms with van der Waals surface area (Å²) < 4.78 is 13.8. The molecule has 78 valence electrons. The van der Waals surface area contributed by atoms with Gasteiger partial charge in [-0.25, -0.2) is 8.51 Å². The standard InChI is InChI=1S/C9H20N2OS/c1-8(2)13(12)11-5-3-4-9(6-10)7-11/h8-9H,3-7,10H2,1-2H3. The van der Waals surface area contributed by atoms with Crippen LogP contribution in [0.3, 0.4) is 0 Å². The van der Waals surface area contributed by atoms with Gasteiger partial charge in [-0.1, -0.05) is 0 Å². The topological polar surface area (TPSA) is 46.3 Å². The Morgan fingerprint density at radius 3 is 2.85 bits per heavy atom. The van der Waals surface area contributed by atoms with Gasteiger partial charge in [-0.05, 0) is 39.2 Å². The molecule has 1 heterocycles. The molecule has 1 saturated heterocycles. The van der Waals surface area contributed by atoms with E-state index in [1.54, 1.807) is 0 Å². The lowest BCUT2D eigenvalue weighted by atomic mass is 10.0. The summed E-state index contributed by atoms with van der Waals surface area (Å²) in [5, 5.41) is 0.233. The first kappa shape index (κ1) is 11.1. The molecule has 0 aliphatic carbocycles. The lowest BCUT2D eigenvalue weighted by Gasteiger charge is -2.31. The molecule has 1 aliphatic heterocycles. The Bertz CT molecular complexity index is 184. The highest BCUT2D eigenvalue weighted by atomic mass is 32.2. The zero-order chi connectivity index (χ0) is 9.84. The van der Waals surface area contributed by atoms with E-state index in [0.717, 1.165) is 26.1 Å². The van der Waals surface area contributed by atoms with Crippen molar-refractivity contribution in [1.82, 2.24) is 4.31 Å². The molecule has 1 fully saturated rings. The minimum Gasteiger partial charge on any atom is -0.330 e. The molecule has 0 bridgehead atoms. The molecule has 2 unspecified atom stereocenters. The summed E-state index contributed by atoms with van der Waals surface area (Å²) in [6.07, 6.45) is 2.34. The molecule has 0 spiro atoms. The quantitative estimate of drug-likeness (QED) is 0.736. The summed E-state index contributed by atoms with van der Waals surface area (Å²) in [4.78, 5) is 0. The molecule has 0 aromatic heterocycles. The fraction of sp³-hybridized carbons (Fsp3) is 1.00. The summed E-state index contributed by atoms with van der Waals surface area (Å²) in [6, 6.07) is 0. The zero-order valence-corrected chi connectivity index (χ0v) is 9.35. The maximum absolute atomic E-state index is 11.8. The van der Waals surface area contributed by atoms with Gasteiger partial charge in [-0.15, -0.1) is 0 Å². The Hall–Kier alpha value is 0.0700. The number of nitrogens with two attached hydrogens (primary N) is 1. The lowest BCUT2D eigenvalue weighted by Crippen LogP contribution is -2.41. The van der Waals surface area contributed by atoms with Gasteiger partial charge in [0.1, 0.15) is 0 Å². The van der Waals surface area contributed by atoms with Crippen molar-refractivity contribution < 1.29 is 4.21 Å². The number of nitrogens with zero attached hydrogens (tertiary/aromatic N) is 1. The van der Waals surface area contributed by atoms with Crippen LogP contribution in [-0.4, -0.2) is 33.4 Å². The number of hydrogen-bond acceptors (Lipinski definition) is 2. The lowest BCUT2D eigenvalue weighted by molar-refractivity contribution is 0.281. The van der Waals surface area contributed by atoms with Crippen molar-refractivity contribution in [2.24, 2.45) is 11.7 Å². The molecule has 2 N–H and O–H groups in total. The normalized spacial score (nSPS) is 27.8. The van der Waals surface area contributed by atoms with Gasteiger partial charge in [0.15, 0.2) is 0 Å². The maximum Gasteiger partial charge on any atom is 0.0968 e. The van der Waals surface area contributed by atoms with E-state index in [2.05, 4.69) is 4.31 Å². The predicted molar refractivity (Wildman–Crippen MR) is 56.6 cm³/mol. The Kier molecular flexibility index (Phi) is 4.35. The Balaban J connectivity index is 2.46. The summed E-state index contributed by atoms with van der Waals surface area (Å²) in [6.45, 7) is 6.62. The monoisotopic (exact) mass is 204 g/mol. The number of hydrogen-bond donors (Lipinski definition) is 1. The zero-order valence-electron chi connectivity index (χ0n) is 8.53. The van der Waals surface area contributed by atoms with Crippen LogP contribution in [0, 0.1) is 5.92 Å². The number of piperidine rings is 1. The molecule has 0 aromatic carbocycles. The summed E-state index contributed by atoms with van der Waals surface area (Å²) in [5.41, 5.74) is 5.62. The smallest absolute Gasteiger partial charge is 0.0968 e. The second kappa shape index (κ2) is 5.08. The van der Waals surface area contributed by atoms with Gasteiger partial charge in [-0.2, -0.15) is 0 Å². The minimum atomic E-state index is -0.803. The molecule has 0 aromatic rings. The third-order valence-electron chi connectivity index (χ3n) is 2.47. The van der Waals surface area contributed by atoms with Gasteiger partial charge in [0.2, 0.25) is 0 Å². The van der Waals surface area contributed by atoms with Crippen LogP contribution in [0.1, 0.15) is 26.7 Å². The second-order valence-corrected chi connectivity index (χ2v) is 5.97. The van der Waals surface area contributed by atoms with E-state index in [-0.39, 0.29) is 5.25 Å². The molecule has 2 atom stereocenters. The molecular formula is C9H20N2OS. The van der Waals surface area contributed by atoms with Crippen molar-refractivity contribution in [2.45, 2.75) is 31.9 Å². The second-order valence-electron chi connectivity index (χ2n) is 3.96. The first-order valence-electron chi connectivity index (χ1n) is 5.01. The van der Waals surface area contributed by atoms with Crippen LogP contribution in [-0.2, 0) is 11.0 Å². The van der Waals surface area contributed by atoms with Crippen LogP contribution < -0.4 is 5.73 Å². The van der Waals surface area contributed by atoms with E-state index < -0.39 is 11.0 Å². The van der Waals surface area contributed by atoms with Gasteiger partial charge >= 0.3 is 0 Å². The van der Waals surface area contributed by atoms with Crippen LogP contribution >= 0.6 is 0 Å². The fourth-order valence-electron chi connectivity index (χ4n) is 1.68. The first-order chi connectivity index (χ1) is 6.15. The maximum atomic E-state index is 11.8. The Morgan fingerprint density at radius 1 is 1.62 bits per heavy atom. The van der Waals surface area contributed by atoms with E-state index in [1.807, 2.05) is 13.8 Å². The fourth-order valence-corrected chi connectivity index (χ4v) is 2.94. The molecule has 0 radical (unpaired) electrons. The van der Waals surface area contributed by atoms with Crippen LogP contribution in [0.5, 0.6) is 0 Å². The van der Waals surface area contributed by atoms with Gasteiger partial charge in [0.05, 0.1) is 11.0 Å².